The molecule has 1 unspecified atom stereocenters. The van der Waals surface area contributed by atoms with E-state index in [0.717, 1.165) is 50.3 Å². The van der Waals surface area contributed by atoms with Crippen molar-refractivity contribution in [1.82, 2.24) is 15.5 Å². The highest BCUT2D eigenvalue weighted by Gasteiger charge is 2.28. The smallest absolute Gasteiger partial charge is 0.191 e. The van der Waals surface area contributed by atoms with Gasteiger partial charge in [-0.25, -0.2) is 0 Å². The predicted molar refractivity (Wildman–Crippen MR) is 129 cm³/mol. The van der Waals surface area contributed by atoms with Crippen molar-refractivity contribution in [2.75, 3.05) is 53.0 Å². The molecule has 0 aromatic heterocycles. The number of rotatable bonds is 9. The van der Waals surface area contributed by atoms with Gasteiger partial charge in [0.2, 0.25) is 0 Å². The summed E-state index contributed by atoms with van der Waals surface area (Å²) >= 11 is 0. The molecular weight excluding hydrogens is 483 g/mol. The van der Waals surface area contributed by atoms with E-state index in [0.29, 0.717) is 13.1 Å². The average molecular weight is 520 g/mol. The van der Waals surface area contributed by atoms with Crippen LogP contribution in [0.15, 0.2) is 29.3 Å². The van der Waals surface area contributed by atoms with E-state index < -0.39 is 0 Å². The number of nitrogens with zero attached hydrogens (tertiary/aromatic N) is 2. The van der Waals surface area contributed by atoms with Crippen molar-refractivity contribution in [2.24, 2.45) is 4.99 Å². The highest BCUT2D eigenvalue weighted by Crippen LogP contribution is 2.26. The van der Waals surface area contributed by atoms with Crippen LogP contribution in [0, 0.1) is 0 Å². The van der Waals surface area contributed by atoms with Gasteiger partial charge in [0.15, 0.2) is 17.5 Å². The van der Waals surface area contributed by atoms with Crippen molar-refractivity contribution in [1.29, 1.82) is 0 Å². The summed E-state index contributed by atoms with van der Waals surface area (Å²) in [5.74, 6) is 2.29. The molecule has 8 heteroatoms. The lowest BCUT2D eigenvalue weighted by Crippen LogP contribution is -2.52. The lowest BCUT2D eigenvalue weighted by Gasteiger charge is -2.39. The molecule has 1 aromatic carbocycles. The molecule has 1 fully saturated rings. The van der Waals surface area contributed by atoms with Gasteiger partial charge in [-0.3, -0.25) is 9.89 Å². The molecule has 2 rings (SSSR count). The van der Waals surface area contributed by atoms with Gasteiger partial charge >= 0.3 is 0 Å². The normalized spacial score (nSPS) is 16.5. The number of benzene rings is 1. The van der Waals surface area contributed by atoms with Crippen molar-refractivity contribution in [3.8, 4) is 11.5 Å². The Morgan fingerprint density at radius 1 is 1.21 bits per heavy atom. The summed E-state index contributed by atoms with van der Waals surface area (Å²) in [6.45, 7) is 14.2. The van der Waals surface area contributed by atoms with E-state index in [1.807, 2.05) is 31.2 Å². The van der Waals surface area contributed by atoms with Crippen LogP contribution >= 0.6 is 24.0 Å². The van der Waals surface area contributed by atoms with Gasteiger partial charge in [-0.1, -0.05) is 12.1 Å². The molecule has 166 valence electrons. The Hall–Kier alpha value is -1.26. The average Bonchev–Trinajstić information content (AvgIpc) is 2.71. The highest BCUT2D eigenvalue weighted by molar-refractivity contribution is 14.0. The molecule has 0 aliphatic carbocycles. The molecule has 29 heavy (non-hydrogen) atoms. The SMILES string of the molecule is CCNC(=NCC(C)(C)N1CCOCC1)NCC(C)Oc1ccccc1OC.I. The van der Waals surface area contributed by atoms with Gasteiger partial charge in [0.1, 0.15) is 6.10 Å². The van der Waals surface area contributed by atoms with Crippen molar-refractivity contribution in [3.05, 3.63) is 24.3 Å². The van der Waals surface area contributed by atoms with Crippen molar-refractivity contribution in [2.45, 2.75) is 39.3 Å². The number of nitrogens with one attached hydrogen (secondary N) is 2. The van der Waals surface area contributed by atoms with Gasteiger partial charge in [0.05, 0.1) is 33.4 Å². The molecule has 1 aliphatic rings. The highest BCUT2D eigenvalue weighted by atomic mass is 127. The summed E-state index contributed by atoms with van der Waals surface area (Å²) in [4.78, 5) is 7.25. The van der Waals surface area contributed by atoms with Crippen LogP contribution < -0.4 is 20.1 Å². The molecule has 1 heterocycles. The number of guanidine groups is 1. The first kappa shape index (κ1) is 25.8. The first-order chi connectivity index (χ1) is 13.5. The molecule has 0 bridgehead atoms. The third kappa shape index (κ3) is 8.55. The van der Waals surface area contributed by atoms with E-state index in [1.54, 1.807) is 7.11 Å². The molecule has 0 saturated carbocycles. The zero-order valence-electron chi connectivity index (χ0n) is 18.4. The molecule has 0 amide bonds. The van der Waals surface area contributed by atoms with Crippen molar-refractivity contribution in [3.63, 3.8) is 0 Å². The number of aliphatic imine (C=N–C) groups is 1. The Balaban J connectivity index is 0.00000420. The Morgan fingerprint density at radius 2 is 1.86 bits per heavy atom. The van der Waals surface area contributed by atoms with Gasteiger partial charge in [-0.15, -0.1) is 24.0 Å². The Bertz CT molecular complexity index is 622. The Labute approximate surface area is 192 Å². The van der Waals surface area contributed by atoms with E-state index in [2.05, 4.69) is 36.3 Å². The van der Waals surface area contributed by atoms with Crippen molar-refractivity contribution < 1.29 is 14.2 Å². The third-order valence-corrected chi connectivity index (χ3v) is 4.79. The van der Waals surface area contributed by atoms with Gasteiger partial charge in [-0.2, -0.15) is 0 Å². The molecule has 0 radical (unpaired) electrons. The number of para-hydroxylation sites is 2. The number of hydrogen-bond donors (Lipinski definition) is 2. The lowest BCUT2D eigenvalue weighted by atomic mass is 10.0. The lowest BCUT2D eigenvalue weighted by molar-refractivity contribution is -0.00684. The summed E-state index contributed by atoms with van der Waals surface area (Å²) in [7, 11) is 1.65. The van der Waals surface area contributed by atoms with Gasteiger partial charge in [-0.05, 0) is 39.8 Å². The second-order valence-corrected chi connectivity index (χ2v) is 7.57. The Kier molecular flexibility index (Phi) is 11.7. The van der Waals surface area contributed by atoms with E-state index in [9.17, 15) is 0 Å². The maximum absolute atomic E-state index is 6.01. The molecule has 0 spiro atoms. The molecule has 2 N–H and O–H groups in total. The topological polar surface area (TPSA) is 67.4 Å². The van der Waals surface area contributed by atoms with Gasteiger partial charge in [0, 0.05) is 25.2 Å². The zero-order valence-corrected chi connectivity index (χ0v) is 20.7. The maximum Gasteiger partial charge on any atom is 0.191 e. The van der Waals surface area contributed by atoms with Crippen LogP contribution in [-0.2, 0) is 4.74 Å². The number of morpholine rings is 1. The second kappa shape index (κ2) is 13.1. The number of methoxy groups -OCH3 is 1. The van der Waals surface area contributed by atoms with E-state index in [1.165, 1.54) is 0 Å². The number of hydrogen-bond acceptors (Lipinski definition) is 5. The minimum absolute atomic E-state index is 0. The quantitative estimate of drug-likeness (QED) is 0.297. The van der Waals surface area contributed by atoms with E-state index in [4.69, 9.17) is 19.2 Å². The van der Waals surface area contributed by atoms with Gasteiger partial charge < -0.3 is 24.8 Å². The van der Waals surface area contributed by atoms with Crippen LogP contribution in [-0.4, -0.2) is 75.5 Å². The summed E-state index contributed by atoms with van der Waals surface area (Å²) in [6, 6.07) is 7.69. The largest absolute Gasteiger partial charge is 0.493 e. The predicted octanol–water partition coefficient (Wildman–Crippen LogP) is 2.75. The molecule has 1 saturated heterocycles. The maximum atomic E-state index is 6.01. The first-order valence-corrected chi connectivity index (χ1v) is 10.1. The van der Waals surface area contributed by atoms with Crippen LogP contribution in [0.25, 0.3) is 0 Å². The van der Waals surface area contributed by atoms with Crippen LogP contribution in [0.1, 0.15) is 27.7 Å². The summed E-state index contributed by atoms with van der Waals surface area (Å²) in [5.41, 5.74) is -0.00828. The van der Waals surface area contributed by atoms with Crippen LogP contribution in [0.2, 0.25) is 0 Å². The fourth-order valence-corrected chi connectivity index (χ4v) is 3.10. The van der Waals surface area contributed by atoms with Crippen LogP contribution in [0.3, 0.4) is 0 Å². The molecule has 1 aromatic rings. The molecule has 7 nitrogen and oxygen atoms in total. The minimum atomic E-state index is -0.0348. The first-order valence-electron chi connectivity index (χ1n) is 10.1. The summed E-state index contributed by atoms with van der Waals surface area (Å²) in [5, 5.41) is 6.70. The second-order valence-electron chi connectivity index (χ2n) is 7.57. The standard InChI is InChI=1S/C21H36N4O3.HI/c1-6-22-20(24-16-21(3,4)25-11-13-27-14-12-25)23-15-17(2)28-19-10-8-7-9-18(19)26-5;/h7-10,17H,6,11-16H2,1-5H3,(H2,22,23,24);1H. The fraction of sp³-hybridized carbons (Fsp3) is 0.667. The minimum Gasteiger partial charge on any atom is -0.493 e. The molecule has 1 aliphatic heterocycles. The summed E-state index contributed by atoms with van der Waals surface area (Å²) < 4.78 is 16.8. The van der Waals surface area contributed by atoms with E-state index >= 15 is 0 Å². The monoisotopic (exact) mass is 520 g/mol. The van der Waals surface area contributed by atoms with E-state index in [-0.39, 0.29) is 35.6 Å². The summed E-state index contributed by atoms with van der Waals surface area (Å²) in [6.07, 6.45) is -0.0348. The third-order valence-electron chi connectivity index (χ3n) is 4.79. The van der Waals surface area contributed by atoms with Crippen molar-refractivity contribution >= 4 is 29.9 Å². The number of ether oxygens (including phenoxy) is 3. The van der Waals surface area contributed by atoms with Crippen LogP contribution in [0.5, 0.6) is 11.5 Å². The van der Waals surface area contributed by atoms with Gasteiger partial charge in [0.25, 0.3) is 0 Å². The molecule has 1 atom stereocenters. The zero-order chi connectivity index (χ0) is 20.4. The fourth-order valence-electron chi connectivity index (χ4n) is 3.10. The van der Waals surface area contributed by atoms with Crippen LogP contribution in [0.4, 0.5) is 0 Å². The molecular formula is C21H37IN4O3. The number of halogens is 1. The Morgan fingerprint density at radius 3 is 2.48 bits per heavy atom.